The molecule has 3 rings (SSSR count). The van der Waals surface area contributed by atoms with E-state index in [0.717, 1.165) is 42.6 Å². The van der Waals surface area contributed by atoms with E-state index in [0.29, 0.717) is 6.54 Å². The van der Waals surface area contributed by atoms with Crippen LogP contribution in [-0.2, 0) is 11.3 Å². The van der Waals surface area contributed by atoms with Crippen molar-refractivity contribution in [1.29, 1.82) is 0 Å². The third-order valence-electron chi connectivity index (χ3n) is 3.90. The smallest absolute Gasteiger partial charge is 0.242 e. The zero-order valence-corrected chi connectivity index (χ0v) is 12.7. The van der Waals surface area contributed by atoms with Crippen molar-refractivity contribution in [3.8, 4) is 5.75 Å². The van der Waals surface area contributed by atoms with Gasteiger partial charge in [-0.05, 0) is 44.9 Å². The van der Waals surface area contributed by atoms with Crippen LogP contribution in [0.3, 0.4) is 0 Å². The Morgan fingerprint density at radius 3 is 2.71 bits per heavy atom. The lowest BCUT2D eigenvalue weighted by molar-refractivity contribution is -0.130. The molecular formula is C17H22N2O2. The van der Waals surface area contributed by atoms with Gasteiger partial charge >= 0.3 is 0 Å². The fraction of sp³-hybridized carbons (Fsp3) is 0.471. The number of carbonyl (C=O) groups excluding carboxylic acids is 1. The van der Waals surface area contributed by atoms with Crippen molar-refractivity contribution >= 4 is 16.8 Å². The number of likely N-dealkylation sites (tertiary alicyclic amines) is 1. The number of nitrogens with zero attached hydrogens (tertiary/aromatic N) is 2. The van der Waals surface area contributed by atoms with E-state index in [1.165, 1.54) is 0 Å². The molecular weight excluding hydrogens is 264 g/mol. The molecule has 0 radical (unpaired) electrons. The highest BCUT2D eigenvalue weighted by Crippen LogP contribution is 2.27. The first kappa shape index (κ1) is 14.0. The van der Waals surface area contributed by atoms with Crippen molar-refractivity contribution in [3.05, 3.63) is 30.5 Å². The maximum Gasteiger partial charge on any atom is 0.242 e. The van der Waals surface area contributed by atoms with Gasteiger partial charge in [-0.1, -0.05) is 6.07 Å². The van der Waals surface area contributed by atoms with E-state index in [9.17, 15) is 4.79 Å². The fourth-order valence-electron chi connectivity index (χ4n) is 2.90. The second kappa shape index (κ2) is 5.80. The molecule has 4 heteroatoms. The summed E-state index contributed by atoms with van der Waals surface area (Å²) in [6.45, 7) is 6.26. The molecule has 1 fully saturated rings. The van der Waals surface area contributed by atoms with Gasteiger partial charge in [-0.2, -0.15) is 0 Å². The summed E-state index contributed by atoms with van der Waals surface area (Å²) in [6, 6.07) is 8.04. The molecule has 0 spiro atoms. The second-order valence-corrected chi connectivity index (χ2v) is 5.89. The number of hydrogen-bond donors (Lipinski definition) is 0. The summed E-state index contributed by atoms with van der Waals surface area (Å²) in [7, 11) is 0. The summed E-state index contributed by atoms with van der Waals surface area (Å²) in [5, 5.41) is 1.07. The van der Waals surface area contributed by atoms with E-state index < -0.39 is 0 Å². The van der Waals surface area contributed by atoms with Crippen LogP contribution in [0, 0.1) is 0 Å². The molecule has 0 N–H and O–H groups in total. The van der Waals surface area contributed by atoms with E-state index >= 15 is 0 Å². The van der Waals surface area contributed by atoms with Gasteiger partial charge in [0.25, 0.3) is 0 Å². The quantitative estimate of drug-likeness (QED) is 0.865. The number of fused-ring (bicyclic) bond motifs is 1. The van der Waals surface area contributed by atoms with Crippen molar-refractivity contribution in [3.63, 3.8) is 0 Å². The number of aromatic nitrogens is 1. The molecule has 1 amide bonds. The summed E-state index contributed by atoms with van der Waals surface area (Å²) in [4.78, 5) is 14.3. The molecule has 1 aromatic heterocycles. The van der Waals surface area contributed by atoms with Crippen LogP contribution in [0.15, 0.2) is 30.5 Å². The van der Waals surface area contributed by atoms with Crippen molar-refractivity contribution in [2.24, 2.45) is 0 Å². The van der Waals surface area contributed by atoms with E-state index in [-0.39, 0.29) is 12.0 Å². The van der Waals surface area contributed by atoms with Gasteiger partial charge in [0.05, 0.1) is 11.6 Å². The number of carbonyl (C=O) groups is 1. The Morgan fingerprint density at radius 1 is 1.24 bits per heavy atom. The number of amides is 1. The summed E-state index contributed by atoms with van der Waals surface area (Å²) < 4.78 is 7.85. The molecule has 4 nitrogen and oxygen atoms in total. The van der Waals surface area contributed by atoms with Gasteiger partial charge in [-0.15, -0.1) is 0 Å². The number of rotatable bonds is 4. The minimum atomic E-state index is 0.144. The predicted octanol–water partition coefficient (Wildman–Crippen LogP) is 3.05. The van der Waals surface area contributed by atoms with Crippen molar-refractivity contribution in [1.82, 2.24) is 9.47 Å². The van der Waals surface area contributed by atoms with Crippen LogP contribution in [0.2, 0.25) is 0 Å². The molecule has 0 unspecified atom stereocenters. The third kappa shape index (κ3) is 2.89. The maximum absolute atomic E-state index is 12.3. The lowest BCUT2D eigenvalue weighted by atomic mass is 10.2. The molecule has 0 atom stereocenters. The maximum atomic E-state index is 12.3. The van der Waals surface area contributed by atoms with Crippen LogP contribution >= 0.6 is 0 Å². The lowest BCUT2D eigenvalue weighted by Gasteiger charge is -2.16. The first-order valence-corrected chi connectivity index (χ1v) is 7.67. The molecule has 2 aromatic rings. The van der Waals surface area contributed by atoms with Gasteiger partial charge in [0.15, 0.2) is 0 Å². The zero-order chi connectivity index (χ0) is 14.8. The molecule has 21 heavy (non-hydrogen) atoms. The highest BCUT2D eigenvalue weighted by atomic mass is 16.5. The van der Waals surface area contributed by atoms with Crippen LogP contribution in [0.1, 0.15) is 26.7 Å². The number of benzene rings is 1. The normalized spacial score (nSPS) is 15.1. The molecule has 112 valence electrons. The van der Waals surface area contributed by atoms with Crippen molar-refractivity contribution in [2.75, 3.05) is 13.1 Å². The monoisotopic (exact) mass is 286 g/mol. The largest absolute Gasteiger partial charge is 0.490 e. The topological polar surface area (TPSA) is 34.5 Å². The predicted molar refractivity (Wildman–Crippen MR) is 83.5 cm³/mol. The van der Waals surface area contributed by atoms with Gasteiger partial charge < -0.3 is 14.2 Å². The fourth-order valence-corrected chi connectivity index (χ4v) is 2.90. The molecule has 0 aliphatic carbocycles. The summed E-state index contributed by atoms with van der Waals surface area (Å²) >= 11 is 0. The number of hydrogen-bond acceptors (Lipinski definition) is 2. The highest BCUT2D eigenvalue weighted by molar-refractivity contribution is 5.88. The summed E-state index contributed by atoms with van der Waals surface area (Å²) in [6.07, 6.45) is 4.38. The highest BCUT2D eigenvalue weighted by Gasteiger charge is 2.18. The second-order valence-electron chi connectivity index (χ2n) is 5.89. The van der Waals surface area contributed by atoms with E-state index in [1.54, 1.807) is 0 Å². The van der Waals surface area contributed by atoms with Crippen LogP contribution in [0.25, 0.3) is 10.9 Å². The summed E-state index contributed by atoms with van der Waals surface area (Å²) in [5.74, 6) is 1.09. The average molecular weight is 286 g/mol. The first-order valence-electron chi connectivity index (χ1n) is 7.67. The van der Waals surface area contributed by atoms with Crippen LogP contribution in [-0.4, -0.2) is 34.6 Å². The minimum absolute atomic E-state index is 0.144. The Kier molecular flexibility index (Phi) is 3.86. The Bertz CT molecular complexity index is 639. The molecule has 0 saturated carbocycles. The molecule has 1 aliphatic heterocycles. The van der Waals surface area contributed by atoms with E-state index in [2.05, 4.69) is 0 Å². The van der Waals surface area contributed by atoms with Gasteiger partial charge in [-0.3, -0.25) is 4.79 Å². The Balaban J connectivity index is 1.84. The van der Waals surface area contributed by atoms with Crippen LogP contribution < -0.4 is 4.74 Å². The lowest BCUT2D eigenvalue weighted by Crippen LogP contribution is -2.30. The standard InChI is InChI=1S/C17H22N2O2/c1-13(2)21-16-7-5-6-15-14(16)8-11-19(15)12-17(20)18-9-3-4-10-18/h5-8,11,13H,3-4,9-10,12H2,1-2H3. The summed E-state index contributed by atoms with van der Waals surface area (Å²) in [5.41, 5.74) is 1.06. The average Bonchev–Trinajstić information content (AvgIpc) is 3.08. The van der Waals surface area contributed by atoms with E-state index in [1.807, 2.05) is 53.8 Å². The van der Waals surface area contributed by atoms with Crippen LogP contribution in [0.4, 0.5) is 0 Å². The Hall–Kier alpha value is -1.97. The number of ether oxygens (including phenoxy) is 1. The van der Waals surface area contributed by atoms with Crippen LogP contribution in [0.5, 0.6) is 5.75 Å². The van der Waals surface area contributed by atoms with Gasteiger partial charge in [0, 0.05) is 24.7 Å². The van der Waals surface area contributed by atoms with Gasteiger partial charge in [-0.25, -0.2) is 0 Å². The molecule has 1 aliphatic rings. The van der Waals surface area contributed by atoms with Crippen molar-refractivity contribution in [2.45, 2.75) is 39.3 Å². The van der Waals surface area contributed by atoms with Gasteiger partial charge in [0.2, 0.25) is 5.91 Å². The zero-order valence-electron chi connectivity index (χ0n) is 12.7. The van der Waals surface area contributed by atoms with Gasteiger partial charge in [0.1, 0.15) is 12.3 Å². The Labute approximate surface area is 125 Å². The van der Waals surface area contributed by atoms with E-state index in [4.69, 9.17) is 4.74 Å². The molecule has 1 saturated heterocycles. The minimum Gasteiger partial charge on any atom is -0.490 e. The molecule has 1 aromatic carbocycles. The SMILES string of the molecule is CC(C)Oc1cccc2c1ccn2CC(=O)N1CCCC1. The molecule has 0 bridgehead atoms. The third-order valence-corrected chi connectivity index (χ3v) is 3.90. The first-order chi connectivity index (χ1) is 10.1. The van der Waals surface area contributed by atoms with Crippen molar-refractivity contribution < 1.29 is 9.53 Å². The molecule has 2 heterocycles. The Morgan fingerprint density at radius 2 is 2.00 bits per heavy atom.